The lowest BCUT2D eigenvalue weighted by atomic mass is 9.82. The van der Waals surface area contributed by atoms with Crippen LogP contribution in [0.25, 0.3) is 0 Å². The number of imide groups is 1. The van der Waals surface area contributed by atoms with E-state index in [9.17, 15) is 22.8 Å². The third-order valence-electron chi connectivity index (χ3n) is 5.46. The molecule has 4 amide bonds. The molecule has 3 aliphatic rings. The van der Waals surface area contributed by atoms with Gasteiger partial charge in [-0.05, 0) is 31.9 Å². The standard InChI is InChI=1S/C18H21N5O5S/c1-11(19-14-12-7-3-4-8-13(12)29(27,28)22-14)15(24)21-23-16(25)18(20-17(23)26)9-5-2-6-10-18/h3-4,7-8,11H,2,5-6,9-10H2,1H3,(H,19,22)(H,20,26)(H,21,24)/t11-/m0/s1. The van der Waals surface area contributed by atoms with Crippen LogP contribution >= 0.6 is 0 Å². The van der Waals surface area contributed by atoms with Gasteiger partial charge in [-0.25, -0.2) is 13.2 Å². The monoisotopic (exact) mass is 419 g/mol. The first-order valence-electron chi connectivity index (χ1n) is 9.41. The van der Waals surface area contributed by atoms with E-state index < -0.39 is 39.4 Å². The van der Waals surface area contributed by atoms with Gasteiger partial charge in [0.25, 0.3) is 21.8 Å². The van der Waals surface area contributed by atoms with Crippen molar-refractivity contribution in [2.45, 2.75) is 55.5 Å². The van der Waals surface area contributed by atoms with Crippen molar-refractivity contribution in [3.63, 3.8) is 0 Å². The molecule has 1 saturated carbocycles. The maximum absolute atomic E-state index is 12.7. The number of hydrogen-bond donors (Lipinski definition) is 3. The van der Waals surface area contributed by atoms with Crippen LogP contribution in [-0.4, -0.2) is 48.7 Å². The van der Waals surface area contributed by atoms with Gasteiger partial charge in [0.15, 0.2) is 0 Å². The van der Waals surface area contributed by atoms with Crippen LogP contribution < -0.4 is 15.5 Å². The summed E-state index contributed by atoms with van der Waals surface area (Å²) < 4.78 is 26.6. The number of urea groups is 1. The highest BCUT2D eigenvalue weighted by Crippen LogP contribution is 2.33. The molecule has 1 aromatic carbocycles. The molecule has 0 bridgehead atoms. The molecular formula is C18H21N5O5S. The number of amidine groups is 1. The first-order valence-corrected chi connectivity index (χ1v) is 10.9. The molecule has 29 heavy (non-hydrogen) atoms. The first kappa shape index (κ1) is 19.4. The van der Waals surface area contributed by atoms with Gasteiger partial charge >= 0.3 is 6.03 Å². The van der Waals surface area contributed by atoms with Crippen molar-refractivity contribution >= 4 is 33.7 Å². The summed E-state index contributed by atoms with van der Waals surface area (Å²) in [5.41, 5.74) is 1.73. The zero-order chi connectivity index (χ0) is 20.8. The average molecular weight is 419 g/mol. The second kappa shape index (κ2) is 6.83. The van der Waals surface area contributed by atoms with Gasteiger partial charge in [0.2, 0.25) is 0 Å². The Balaban J connectivity index is 1.50. The molecule has 0 radical (unpaired) electrons. The molecule has 1 spiro atoms. The molecule has 0 unspecified atom stereocenters. The Labute approximate surface area is 167 Å². The van der Waals surface area contributed by atoms with Crippen molar-refractivity contribution in [2.24, 2.45) is 4.99 Å². The number of carbonyl (C=O) groups is 3. The molecule has 1 saturated heterocycles. The Hall–Kier alpha value is -2.95. The number of fused-ring (bicyclic) bond motifs is 1. The Morgan fingerprint density at radius 1 is 1.21 bits per heavy atom. The fourth-order valence-corrected chi connectivity index (χ4v) is 5.14. The molecule has 154 valence electrons. The number of amides is 4. The zero-order valence-electron chi connectivity index (χ0n) is 15.8. The van der Waals surface area contributed by atoms with Gasteiger partial charge in [0.1, 0.15) is 17.4 Å². The number of carbonyl (C=O) groups excluding carboxylic acids is 3. The fraction of sp³-hybridized carbons (Fsp3) is 0.444. The minimum Gasteiger partial charge on any atom is -0.322 e. The molecule has 2 heterocycles. The van der Waals surface area contributed by atoms with Gasteiger partial charge in [-0.2, -0.15) is 5.01 Å². The summed E-state index contributed by atoms with van der Waals surface area (Å²) in [7, 11) is -3.73. The van der Waals surface area contributed by atoms with Crippen molar-refractivity contribution in [1.82, 2.24) is 20.5 Å². The Bertz CT molecular complexity index is 1030. The molecule has 1 atom stereocenters. The van der Waals surface area contributed by atoms with Crippen molar-refractivity contribution in [1.29, 1.82) is 0 Å². The number of benzene rings is 1. The SMILES string of the molecule is C[C@H](N=C1NS(=O)(=O)c2ccccc21)C(=O)NN1C(=O)NC2(CCCCC2)C1=O. The maximum atomic E-state index is 12.7. The lowest BCUT2D eigenvalue weighted by molar-refractivity contribution is -0.140. The van der Waals surface area contributed by atoms with Crippen LogP contribution in [0, 0.1) is 0 Å². The van der Waals surface area contributed by atoms with E-state index in [-0.39, 0.29) is 10.7 Å². The van der Waals surface area contributed by atoms with E-state index in [1.54, 1.807) is 18.2 Å². The number of hydrogen-bond acceptors (Lipinski definition) is 6. The predicted molar refractivity (Wildman–Crippen MR) is 102 cm³/mol. The smallest absolute Gasteiger partial charge is 0.322 e. The van der Waals surface area contributed by atoms with E-state index in [1.165, 1.54) is 13.0 Å². The molecule has 2 aliphatic heterocycles. The number of nitrogens with one attached hydrogen (secondary N) is 3. The molecule has 1 aliphatic carbocycles. The van der Waals surface area contributed by atoms with Gasteiger partial charge in [0, 0.05) is 5.56 Å². The van der Waals surface area contributed by atoms with Crippen LogP contribution in [0.15, 0.2) is 34.2 Å². The molecule has 10 nitrogen and oxygen atoms in total. The second-order valence-corrected chi connectivity index (χ2v) is 9.10. The van der Waals surface area contributed by atoms with Crippen LogP contribution in [-0.2, 0) is 19.6 Å². The van der Waals surface area contributed by atoms with E-state index in [0.717, 1.165) is 19.3 Å². The fourth-order valence-electron chi connectivity index (χ4n) is 3.90. The molecular weight excluding hydrogens is 398 g/mol. The van der Waals surface area contributed by atoms with Crippen molar-refractivity contribution in [3.8, 4) is 0 Å². The van der Waals surface area contributed by atoms with Gasteiger partial charge < -0.3 is 5.32 Å². The third-order valence-corrected chi connectivity index (χ3v) is 6.85. The maximum Gasteiger partial charge on any atom is 0.344 e. The number of sulfonamides is 1. The summed E-state index contributed by atoms with van der Waals surface area (Å²) in [5, 5.41) is 3.41. The summed E-state index contributed by atoms with van der Waals surface area (Å²) in [6.45, 7) is 1.45. The van der Waals surface area contributed by atoms with Gasteiger partial charge in [-0.15, -0.1) is 0 Å². The van der Waals surface area contributed by atoms with Crippen molar-refractivity contribution < 1.29 is 22.8 Å². The Kier molecular flexibility index (Phi) is 4.56. The zero-order valence-corrected chi connectivity index (χ0v) is 16.6. The summed E-state index contributed by atoms with van der Waals surface area (Å²) in [4.78, 5) is 41.8. The molecule has 2 fully saturated rings. The topological polar surface area (TPSA) is 137 Å². The number of rotatable bonds is 3. The Morgan fingerprint density at radius 2 is 1.90 bits per heavy atom. The summed E-state index contributed by atoms with van der Waals surface area (Å²) >= 11 is 0. The van der Waals surface area contributed by atoms with E-state index in [2.05, 4.69) is 20.5 Å². The van der Waals surface area contributed by atoms with Crippen molar-refractivity contribution in [3.05, 3.63) is 29.8 Å². The van der Waals surface area contributed by atoms with Crippen LogP contribution in [0.4, 0.5) is 4.79 Å². The van der Waals surface area contributed by atoms with E-state index in [4.69, 9.17) is 0 Å². The number of aliphatic imine (C=N–C) groups is 1. The first-order chi connectivity index (χ1) is 13.7. The molecule has 1 aromatic rings. The highest BCUT2D eigenvalue weighted by atomic mass is 32.2. The number of hydrazine groups is 1. The van der Waals surface area contributed by atoms with Crippen molar-refractivity contribution in [2.75, 3.05) is 0 Å². The number of nitrogens with zero attached hydrogens (tertiary/aromatic N) is 2. The van der Waals surface area contributed by atoms with Crippen LogP contribution in [0.5, 0.6) is 0 Å². The lowest BCUT2D eigenvalue weighted by Crippen LogP contribution is -2.52. The van der Waals surface area contributed by atoms with Crippen LogP contribution in [0.2, 0.25) is 0 Å². The van der Waals surface area contributed by atoms with Gasteiger partial charge in [-0.3, -0.25) is 24.7 Å². The van der Waals surface area contributed by atoms with E-state index >= 15 is 0 Å². The predicted octanol–water partition coefficient (Wildman–Crippen LogP) is 0.399. The minimum atomic E-state index is -3.73. The van der Waals surface area contributed by atoms with E-state index in [0.29, 0.717) is 23.4 Å². The molecule has 11 heteroatoms. The van der Waals surface area contributed by atoms with Gasteiger partial charge in [0.05, 0.1) is 4.90 Å². The van der Waals surface area contributed by atoms with Crippen LogP contribution in [0.1, 0.15) is 44.6 Å². The highest BCUT2D eigenvalue weighted by Gasteiger charge is 2.52. The average Bonchev–Trinajstić information content (AvgIpc) is 3.07. The van der Waals surface area contributed by atoms with Gasteiger partial charge in [-0.1, -0.05) is 31.4 Å². The summed E-state index contributed by atoms with van der Waals surface area (Å²) in [5.74, 6) is -1.12. The molecule has 3 N–H and O–H groups in total. The highest BCUT2D eigenvalue weighted by molar-refractivity contribution is 7.90. The Morgan fingerprint density at radius 3 is 2.62 bits per heavy atom. The van der Waals surface area contributed by atoms with E-state index in [1.807, 2.05) is 0 Å². The quantitative estimate of drug-likeness (QED) is 0.609. The summed E-state index contributed by atoms with van der Waals surface area (Å²) in [6.07, 6.45) is 3.75. The van der Waals surface area contributed by atoms with Crippen LogP contribution in [0.3, 0.4) is 0 Å². The normalized spacial score (nSPS) is 24.2. The lowest BCUT2D eigenvalue weighted by Gasteiger charge is -2.30. The summed E-state index contributed by atoms with van der Waals surface area (Å²) in [6, 6.07) is 4.58. The second-order valence-electron chi connectivity index (χ2n) is 7.44. The largest absolute Gasteiger partial charge is 0.344 e. The third kappa shape index (κ3) is 3.24. The molecule has 4 rings (SSSR count). The molecule has 0 aromatic heterocycles. The minimum absolute atomic E-state index is 0.0456.